The van der Waals surface area contributed by atoms with E-state index in [0.29, 0.717) is 12.5 Å². The molecule has 1 fully saturated rings. The maximum atomic E-state index is 9.04. The maximum Gasteiger partial charge on any atom is 0.0555 e. The molecule has 3 nitrogen and oxygen atoms in total. The van der Waals surface area contributed by atoms with E-state index in [4.69, 9.17) is 5.11 Å². The number of aryl methyl sites for hydroxylation is 1. The third-order valence-electron chi connectivity index (χ3n) is 2.77. The molecule has 76 valence electrons. The highest BCUT2D eigenvalue weighted by molar-refractivity contribution is 5.46. The van der Waals surface area contributed by atoms with E-state index in [1.54, 1.807) is 0 Å². The molecule has 0 bridgehead atoms. The normalized spacial score (nSPS) is 21.6. The van der Waals surface area contributed by atoms with E-state index in [2.05, 4.69) is 22.9 Å². The predicted octanol–water partition coefficient (Wildman–Crippen LogP) is 1.21. The Kier molecular flexibility index (Phi) is 2.68. The van der Waals surface area contributed by atoms with E-state index in [0.717, 1.165) is 19.5 Å². The summed E-state index contributed by atoms with van der Waals surface area (Å²) < 4.78 is 0. The fourth-order valence-corrected chi connectivity index (χ4v) is 1.93. The van der Waals surface area contributed by atoms with Crippen molar-refractivity contribution in [1.29, 1.82) is 0 Å². The highest BCUT2D eigenvalue weighted by atomic mass is 16.3. The van der Waals surface area contributed by atoms with Gasteiger partial charge in [-0.3, -0.25) is 4.98 Å². The van der Waals surface area contributed by atoms with Crippen LogP contribution in [0.15, 0.2) is 18.5 Å². The van der Waals surface area contributed by atoms with Crippen LogP contribution >= 0.6 is 0 Å². The van der Waals surface area contributed by atoms with Crippen molar-refractivity contribution in [3.05, 3.63) is 24.0 Å². The van der Waals surface area contributed by atoms with Gasteiger partial charge >= 0.3 is 0 Å². The van der Waals surface area contributed by atoms with E-state index in [-0.39, 0.29) is 0 Å². The van der Waals surface area contributed by atoms with Crippen molar-refractivity contribution in [1.82, 2.24) is 4.98 Å². The van der Waals surface area contributed by atoms with Gasteiger partial charge in [-0.05, 0) is 25.0 Å². The second-order valence-electron chi connectivity index (χ2n) is 4.00. The fourth-order valence-electron chi connectivity index (χ4n) is 1.93. The Balaban J connectivity index is 2.09. The molecule has 1 N–H and O–H groups in total. The third-order valence-corrected chi connectivity index (χ3v) is 2.77. The molecular formula is C11H16N2O. The Morgan fingerprint density at radius 3 is 3.07 bits per heavy atom. The monoisotopic (exact) mass is 192 g/mol. The molecule has 0 aliphatic carbocycles. The van der Waals surface area contributed by atoms with Gasteiger partial charge in [0, 0.05) is 31.8 Å². The van der Waals surface area contributed by atoms with Crippen LogP contribution in [-0.4, -0.2) is 29.8 Å². The quantitative estimate of drug-likeness (QED) is 0.765. The lowest BCUT2D eigenvalue weighted by Crippen LogP contribution is -2.20. The molecular weight excluding hydrogens is 176 g/mol. The van der Waals surface area contributed by atoms with E-state index >= 15 is 0 Å². The molecule has 3 heteroatoms. The number of anilines is 1. The lowest BCUT2D eigenvalue weighted by atomic mass is 10.1. The minimum atomic E-state index is 0.301. The molecule has 1 aromatic rings. The van der Waals surface area contributed by atoms with Crippen molar-refractivity contribution in [3.8, 4) is 0 Å². The van der Waals surface area contributed by atoms with Crippen LogP contribution in [0.3, 0.4) is 0 Å². The van der Waals surface area contributed by atoms with Gasteiger partial charge in [0.15, 0.2) is 0 Å². The Morgan fingerprint density at radius 2 is 2.43 bits per heavy atom. The summed E-state index contributed by atoms with van der Waals surface area (Å²) in [5, 5.41) is 9.04. The zero-order valence-corrected chi connectivity index (χ0v) is 8.48. The number of aromatic nitrogens is 1. The summed E-state index contributed by atoms with van der Waals surface area (Å²) in [5.41, 5.74) is 2.37. The largest absolute Gasteiger partial charge is 0.396 e. The summed E-state index contributed by atoms with van der Waals surface area (Å²) in [6.07, 6.45) is 4.85. The van der Waals surface area contributed by atoms with Crippen LogP contribution in [0.1, 0.15) is 12.0 Å². The van der Waals surface area contributed by atoms with Gasteiger partial charge in [0.05, 0.1) is 11.9 Å². The predicted molar refractivity (Wildman–Crippen MR) is 56.4 cm³/mol. The average Bonchev–Trinajstić information content (AvgIpc) is 2.66. The second-order valence-corrected chi connectivity index (χ2v) is 4.00. The van der Waals surface area contributed by atoms with E-state index in [1.807, 2.05) is 12.4 Å². The molecule has 0 saturated carbocycles. The van der Waals surface area contributed by atoms with E-state index in [9.17, 15) is 0 Å². The van der Waals surface area contributed by atoms with Crippen molar-refractivity contribution >= 4 is 5.69 Å². The van der Waals surface area contributed by atoms with Crippen LogP contribution in [0.4, 0.5) is 5.69 Å². The van der Waals surface area contributed by atoms with Crippen LogP contribution in [0.25, 0.3) is 0 Å². The van der Waals surface area contributed by atoms with E-state index < -0.39 is 0 Å². The lowest BCUT2D eigenvalue weighted by molar-refractivity contribution is 0.238. The molecule has 1 aliphatic heterocycles. The number of aliphatic hydroxyl groups is 1. The lowest BCUT2D eigenvalue weighted by Gasteiger charge is -2.18. The molecule has 0 amide bonds. The highest BCUT2D eigenvalue weighted by Gasteiger charge is 2.21. The summed E-state index contributed by atoms with van der Waals surface area (Å²) in [6.45, 7) is 4.35. The van der Waals surface area contributed by atoms with Crippen molar-refractivity contribution in [2.75, 3.05) is 24.6 Å². The van der Waals surface area contributed by atoms with Crippen molar-refractivity contribution in [2.45, 2.75) is 13.3 Å². The van der Waals surface area contributed by atoms with Crippen LogP contribution < -0.4 is 4.90 Å². The number of rotatable bonds is 2. The molecule has 0 spiro atoms. The summed E-state index contributed by atoms with van der Waals surface area (Å²) >= 11 is 0. The molecule has 1 aliphatic rings. The molecule has 1 saturated heterocycles. The minimum Gasteiger partial charge on any atom is -0.396 e. The highest BCUT2D eigenvalue weighted by Crippen LogP contribution is 2.23. The van der Waals surface area contributed by atoms with Crippen LogP contribution in [0, 0.1) is 12.8 Å². The van der Waals surface area contributed by atoms with Gasteiger partial charge in [-0.2, -0.15) is 0 Å². The van der Waals surface area contributed by atoms with Gasteiger partial charge < -0.3 is 10.0 Å². The van der Waals surface area contributed by atoms with Crippen molar-refractivity contribution < 1.29 is 5.11 Å². The second kappa shape index (κ2) is 3.96. The number of nitrogens with zero attached hydrogens (tertiary/aromatic N) is 2. The first-order chi connectivity index (χ1) is 6.79. The van der Waals surface area contributed by atoms with Crippen molar-refractivity contribution in [3.63, 3.8) is 0 Å². The topological polar surface area (TPSA) is 36.4 Å². The maximum absolute atomic E-state index is 9.04. The third kappa shape index (κ3) is 1.87. The van der Waals surface area contributed by atoms with Crippen molar-refractivity contribution in [2.24, 2.45) is 5.92 Å². The molecule has 1 unspecified atom stereocenters. The zero-order valence-electron chi connectivity index (χ0n) is 8.48. The van der Waals surface area contributed by atoms with E-state index in [1.165, 1.54) is 11.3 Å². The molecule has 2 rings (SSSR count). The van der Waals surface area contributed by atoms with Gasteiger partial charge in [0.25, 0.3) is 0 Å². The number of hydrogen-bond acceptors (Lipinski definition) is 3. The Morgan fingerprint density at radius 1 is 1.57 bits per heavy atom. The zero-order chi connectivity index (χ0) is 9.97. The number of hydrogen-bond donors (Lipinski definition) is 1. The molecule has 0 aromatic carbocycles. The smallest absolute Gasteiger partial charge is 0.0555 e. The number of pyridine rings is 1. The molecule has 1 aromatic heterocycles. The summed E-state index contributed by atoms with van der Waals surface area (Å²) in [5.74, 6) is 0.440. The first-order valence-corrected chi connectivity index (χ1v) is 5.07. The molecule has 0 radical (unpaired) electrons. The van der Waals surface area contributed by atoms with Crippen LogP contribution in [0.2, 0.25) is 0 Å². The summed E-state index contributed by atoms with van der Waals surface area (Å²) in [6, 6.07) is 2.15. The van der Waals surface area contributed by atoms with Gasteiger partial charge in [-0.25, -0.2) is 0 Å². The Labute approximate surface area is 84.4 Å². The average molecular weight is 192 g/mol. The standard InChI is InChI=1S/C11H16N2O/c1-9-4-11(6-12-5-9)13-3-2-10(7-13)8-14/h4-6,10,14H,2-3,7-8H2,1H3. The molecule has 1 atom stereocenters. The summed E-state index contributed by atoms with van der Waals surface area (Å²) in [4.78, 5) is 6.47. The first kappa shape index (κ1) is 9.46. The molecule has 14 heavy (non-hydrogen) atoms. The van der Waals surface area contributed by atoms with Crippen LogP contribution in [0.5, 0.6) is 0 Å². The Hall–Kier alpha value is -1.09. The molecule has 2 heterocycles. The van der Waals surface area contributed by atoms with Gasteiger partial charge in [-0.1, -0.05) is 0 Å². The summed E-state index contributed by atoms with van der Waals surface area (Å²) in [7, 11) is 0. The fraction of sp³-hybridized carbons (Fsp3) is 0.545. The van der Waals surface area contributed by atoms with Gasteiger partial charge in [0.2, 0.25) is 0 Å². The minimum absolute atomic E-state index is 0.301. The Bertz CT molecular complexity index is 314. The van der Waals surface area contributed by atoms with Crippen LogP contribution in [-0.2, 0) is 0 Å². The van der Waals surface area contributed by atoms with Gasteiger partial charge in [0.1, 0.15) is 0 Å². The first-order valence-electron chi connectivity index (χ1n) is 5.07. The number of aliphatic hydroxyl groups excluding tert-OH is 1. The van der Waals surface area contributed by atoms with Gasteiger partial charge in [-0.15, -0.1) is 0 Å². The SMILES string of the molecule is Cc1cncc(N2CCC(CO)C2)c1.